The summed E-state index contributed by atoms with van der Waals surface area (Å²) >= 11 is 0. The van der Waals surface area contributed by atoms with Gasteiger partial charge >= 0.3 is 0 Å². The molecule has 0 amide bonds. The van der Waals surface area contributed by atoms with Crippen molar-refractivity contribution in [3.05, 3.63) is 76.5 Å². The molecule has 3 aromatic heterocycles. The summed E-state index contributed by atoms with van der Waals surface area (Å²) in [5.41, 5.74) is 2.87. The van der Waals surface area contributed by atoms with Crippen LogP contribution in [-0.2, 0) is 23.4 Å². The minimum Gasteiger partial charge on any atom is -0.394 e. The second-order valence-corrected chi connectivity index (χ2v) is 11.8. The number of benzene rings is 2. The number of ether oxygens (including phenoxy) is 1. The van der Waals surface area contributed by atoms with Gasteiger partial charge in [-0.1, -0.05) is 35.5 Å². The van der Waals surface area contributed by atoms with Crippen molar-refractivity contribution in [2.75, 3.05) is 43.5 Å². The molecular weight excluding hydrogens is 562 g/mol. The Labute approximate surface area is 252 Å². The van der Waals surface area contributed by atoms with Crippen LogP contribution in [0.1, 0.15) is 36.7 Å². The SMILES string of the molecule is O=c1c2ccc(Nc3ncc(-c4nc(C56CCN(CC5)CC6)no4)c(N[C@H](CO)c4ccccc4)n3)cc2n2n1COCC2. The van der Waals surface area contributed by atoms with Crippen LogP contribution in [0.25, 0.3) is 22.4 Å². The van der Waals surface area contributed by atoms with Gasteiger partial charge in [-0.2, -0.15) is 9.97 Å². The summed E-state index contributed by atoms with van der Waals surface area (Å²) in [4.78, 5) is 29.6. The molecule has 1 atom stereocenters. The van der Waals surface area contributed by atoms with Gasteiger partial charge in [0.25, 0.3) is 11.4 Å². The summed E-state index contributed by atoms with van der Waals surface area (Å²) in [6.45, 7) is 4.38. The van der Waals surface area contributed by atoms with Crippen molar-refractivity contribution in [3.63, 3.8) is 0 Å². The molecule has 3 fully saturated rings. The van der Waals surface area contributed by atoms with Gasteiger partial charge < -0.3 is 29.9 Å². The highest BCUT2D eigenvalue weighted by atomic mass is 16.5. The molecule has 226 valence electrons. The van der Waals surface area contributed by atoms with Crippen molar-refractivity contribution in [3.8, 4) is 11.5 Å². The number of aromatic nitrogens is 6. The number of hydrogen-bond donors (Lipinski definition) is 3. The maximum Gasteiger partial charge on any atom is 0.276 e. The predicted octanol–water partition coefficient (Wildman–Crippen LogP) is 3.26. The van der Waals surface area contributed by atoms with Gasteiger partial charge in [-0.25, -0.2) is 9.67 Å². The Balaban J connectivity index is 1.15. The monoisotopic (exact) mass is 595 g/mol. The lowest BCUT2D eigenvalue weighted by molar-refractivity contribution is 0.0156. The number of fused-ring (bicyclic) bond motifs is 6. The average Bonchev–Trinajstić information content (AvgIpc) is 3.69. The van der Waals surface area contributed by atoms with Crippen LogP contribution in [-0.4, -0.2) is 72.3 Å². The molecular formula is C31H33N9O4. The van der Waals surface area contributed by atoms with E-state index in [0.29, 0.717) is 41.8 Å². The second kappa shape index (κ2) is 10.8. The molecule has 7 heterocycles. The maximum atomic E-state index is 12.8. The zero-order valence-electron chi connectivity index (χ0n) is 24.1. The van der Waals surface area contributed by atoms with E-state index in [1.807, 2.05) is 47.1 Å². The van der Waals surface area contributed by atoms with Crippen molar-refractivity contribution in [2.45, 2.75) is 44.0 Å². The van der Waals surface area contributed by atoms with E-state index in [4.69, 9.17) is 19.2 Å². The van der Waals surface area contributed by atoms with E-state index in [2.05, 4.69) is 25.7 Å². The fraction of sp³-hybridized carbons (Fsp3) is 0.387. The number of anilines is 3. The number of nitrogens with one attached hydrogen (secondary N) is 2. The third-order valence-corrected chi connectivity index (χ3v) is 9.28. The minimum absolute atomic E-state index is 0.0604. The fourth-order valence-corrected chi connectivity index (χ4v) is 6.69. The first kappa shape index (κ1) is 27.0. The van der Waals surface area contributed by atoms with Gasteiger partial charge in [0.1, 0.15) is 18.1 Å². The topological polar surface area (TPSA) is 148 Å². The van der Waals surface area contributed by atoms with E-state index in [-0.39, 0.29) is 24.3 Å². The number of piperidine rings is 3. The summed E-state index contributed by atoms with van der Waals surface area (Å²) in [7, 11) is 0. The van der Waals surface area contributed by atoms with Gasteiger partial charge in [-0.3, -0.25) is 9.48 Å². The van der Waals surface area contributed by atoms with Crippen molar-refractivity contribution in [1.82, 2.24) is 34.4 Å². The highest BCUT2D eigenvalue weighted by Crippen LogP contribution is 2.42. The first-order chi connectivity index (χ1) is 21.6. The van der Waals surface area contributed by atoms with Gasteiger partial charge in [0, 0.05) is 17.3 Å². The molecule has 13 heteroatoms. The summed E-state index contributed by atoms with van der Waals surface area (Å²) in [5.74, 6) is 1.87. The zero-order chi connectivity index (χ0) is 29.7. The van der Waals surface area contributed by atoms with Gasteiger partial charge in [-0.05, 0) is 62.7 Å². The average molecular weight is 596 g/mol. The Kier molecular flexibility index (Phi) is 6.65. The van der Waals surface area contributed by atoms with Crippen LogP contribution < -0.4 is 16.2 Å². The van der Waals surface area contributed by atoms with Crippen LogP contribution in [0.3, 0.4) is 0 Å². The van der Waals surface area contributed by atoms with Crippen molar-refractivity contribution in [2.24, 2.45) is 0 Å². The summed E-state index contributed by atoms with van der Waals surface area (Å²) in [6, 6.07) is 14.8. The van der Waals surface area contributed by atoms with Gasteiger partial charge in [0.2, 0.25) is 5.95 Å². The minimum atomic E-state index is -0.431. The molecule has 13 nitrogen and oxygen atoms in total. The summed E-state index contributed by atoms with van der Waals surface area (Å²) < 4.78 is 14.9. The molecule has 3 saturated heterocycles. The van der Waals surface area contributed by atoms with E-state index >= 15 is 0 Å². The lowest BCUT2D eigenvalue weighted by Gasteiger charge is -2.46. The quantitative estimate of drug-likeness (QED) is 0.243. The molecule has 0 aliphatic carbocycles. The van der Waals surface area contributed by atoms with Crippen LogP contribution >= 0.6 is 0 Å². The molecule has 4 aliphatic heterocycles. The van der Waals surface area contributed by atoms with Crippen molar-refractivity contribution in [1.29, 1.82) is 0 Å². The molecule has 0 radical (unpaired) electrons. The Morgan fingerprint density at radius 1 is 1.00 bits per heavy atom. The first-order valence-corrected chi connectivity index (χ1v) is 15.0. The van der Waals surface area contributed by atoms with Crippen molar-refractivity contribution < 1.29 is 14.4 Å². The number of aliphatic hydroxyl groups excluding tert-OH is 1. The second-order valence-electron chi connectivity index (χ2n) is 11.8. The van der Waals surface area contributed by atoms with E-state index < -0.39 is 6.04 Å². The summed E-state index contributed by atoms with van der Waals surface area (Å²) in [5, 5.41) is 22.1. The fourth-order valence-electron chi connectivity index (χ4n) is 6.69. The van der Waals surface area contributed by atoms with E-state index in [1.165, 1.54) is 0 Å². The molecule has 9 rings (SSSR count). The number of rotatable bonds is 8. The molecule has 4 aliphatic rings. The molecule has 0 unspecified atom stereocenters. The number of nitrogens with zero attached hydrogens (tertiary/aromatic N) is 7. The van der Waals surface area contributed by atoms with Crippen LogP contribution in [0.4, 0.5) is 17.5 Å². The predicted molar refractivity (Wildman–Crippen MR) is 163 cm³/mol. The van der Waals surface area contributed by atoms with Gasteiger partial charge in [0.15, 0.2) is 5.82 Å². The molecule has 2 aromatic carbocycles. The molecule has 44 heavy (non-hydrogen) atoms. The third kappa shape index (κ3) is 4.64. The van der Waals surface area contributed by atoms with Gasteiger partial charge in [-0.15, -0.1) is 0 Å². The standard InChI is InChI=1S/C31H33N9O4/c41-18-24(20-4-2-1-3-5-20)34-26-23(27-36-29(37-44-27)31-8-11-38(12-9-31)13-10-31)17-32-30(35-26)33-21-6-7-22-25(16-21)39-14-15-43-19-40(39)28(22)42/h1-7,16-17,24,41H,8-15,18-19H2,(H2,32,33,34,35)/t24-/m1/s1. The molecule has 3 N–H and O–H groups in total. The Hall–Kier alpha value is -4.59. The lowest BCUT2D eigenvalue weighted by Crippen LogP contribution is -2.51. The summed E-state index contributed by atoms with van der Waals surface area (Å²) in [6.07, 6.45) is 4.72. The smallest absolute Gasteiger partial charge is 0.276 e. The van der Waals surface area contributed by atoms with E-state index in [0.717, 1.165) is 61.5 Å². The third-order valence-electron chi connectivity index (χ3n) is 9.28. The molecule has 0 spiro atoms. The largest absolute Gasteiger partial charge is 0.394 e. The highest BCUT2D eigenvalue weighted by molar-refractivity contribution is 5.83. The normalized spacial score (nSPS) is 21.7. The Bertz CT molecular complexity index is 1860. The number of hydrogen-bond acceptors (Lipinski definition) is 11. The van der Waals surface area contributed by atoms with E-state index in [1.54, 1.807) is 16.9 Å². The van der Waals surface area contributed by atoms with Crippen molar-refractivity contribution >= 4 is 28.4 Å². The maximum absolute atomic E-state index is 12.8. The van der Waals surface area contributed by atoms with Crippen LogP contribution in [0, 0.1) is 0 Å². The van der Waals surface area contributed by atoms with Crippen LogP contribution in [0.2, 0.25) is 0 Å². The zero-order valence-corrected chi connectivity index (χ0v) is 24.1. The number of aliphatic hydroxyl groups is 1. The highest BCUT2D eigenvalue weighted by Gasteiger charge is 2.44. The lowest BCUT2D eigenvalue weighted by atomic mass is 9.71. The Morgan fingerprint density at radius 2 is 1.82 bits per heavy atom. The molecule has 0 saturated carbocycles. The first-order valence-electron chi connectivity index (χ1n) is 15.0. The van der Waals surface area contributed by atoms with E-state index in [9.17, 15) is 9.90 Å². The van der Waals surface area contributed by atoms with Gasteiger partial charge in [0.05, 0.1) is 36.7 Å². The molecule has 5 aromatic rings. The van der Waals surface area contributed by atoms with Crippen LogP contribution in [0.15, 0.2) is 64.0 Å². The molecule has 2 bridgehead atoms. The van der Waals surface area contributed by atoms with Crippen LogP contribution in [0.5, 0.6) is 0 Å². The Morgan fingerprint density at radius 3 is 2.61 bits per heavy atom.